The molecule has 2 aromatic carbocycles. The molecule has 0 saturated carbocycles. The second kappa shape index (κ2) is 9.16. The molecule has 0 spiro atoms. The quantitative estimate of drug-likeness (QED) is 0.443. The summed E-state index contributed by atoms with van der Waals surface area (Å²) < 4.78 is 11.5. The Morgan fingerprint density at radius 2 is 1.79 bits per heavy atom. The van der Waals surface area contributed by atoms with Gasteiger partial charge in [0.2, 0.25) is 0 Å². The molecule has 0 fully saturated rings. The van der Waals surface area contributed by atoms with Crippen molar-refractivity contribution in [3.05, 3.63) is 71.5 Å². The van der Waals surface area contributed by atoms with Gasteiger partial charge in [0.1, 0.15) is 0 Å². The van der Waals surface area contributed by atoms with Gasteiger partial charge in [-0.05, 0) is 0 Å². The van der Waals surface area contributed by atoms with Gasteiger partial charge in [-0.2, -0.15) is 0 Å². The van der Waals surface area contributed by atoms with Crippen LogP contribution in [0.15, 0.2) is 54.8 Å². The van der Waals surface area contributed by atoms with E-state index in [9.17, 15) is 4.79 Å². The van der Waals surface area contributed by atoms with Crippen molar-refractivity contribution in [2.45, 2.75) is 25.8 Å². The number of aryl methyl sites for hydroxylation is 2. The second-order valence-corrected chi connectivity index (χ2v) is 7.38. The second-order valence-electron chi connectivity index (χ2n) is 5.22. The van der Waals surface area contributed by atoms with E-state index < -0.39 is 6.16 Å². The van der Waals surface area contributed by atoms with Crippen LogP contribution in [0.25, 0.3) is 0 Å². The molecule has 126 valence electrons. The van der Waals surface area contributed by atoms with Crippen LogP contribution in [0.3, 0.4) is 0 Å². The van der Waals surface area contributed by atoms with Crippen molar-refractivity contribution >= 4 is 25.6 Å². The van der Waals surface area contributed by atoms with Crippen molar-refractivity contribution in [1.82, 2.24) is 0 Å². The van der Waals surface area contributed by atoms with Gasteiger partial charge in [0, 0.05) is 0 Å². The van der Waals surface area contributed by atoms with Crippen molar-refractivity contribution in [1.29, 1.82) is 0 Å². The zero-order chi connectivity index (χ0) is 17.4. The van der Waals surface area contributed by atoms with Gasteiger partial charge in [-0.3, -0.25) is 0 Å². The average molecular weight is 391 g/mol. The van der Waals surface area contributed by atoms with E-state index in [2.05, 4.69) is 36.8 Å². The van der Waals surface area contributed by atoms with Gasteiger partial charge < -0.3 is 0 Å². The molecule has 4 nitrogen and oxygen atoms in total. The monoisotopic (exact) mass is 392 g/mol. The van der Waals surface area contributed by atoms with Crippen molar-refractivity contribution in [2.24, 2.45) is 0 Å². The molecule has 2 aromatic rings. The predicted octanol–water partition coefficient (Wildman–Crippen LogP) is 3.84. The molecule has 0 aliphatic rings. The van der Waals surface area contributed by atoms with Crippen LogP contribution in [0.1, 0.15) is 16.7 Å². The minimum absolute atomic E-state index is 0.0454. The zero-order valence-corrected chi connectivity index (χ0v) is 15.4. The van der Waals surface area contributed by atoms with Gasteiger partial charge >= 0.3 is 148 Å². The van der Waals surface area contributed by atoms with Gasteiger partial charge in [-0.25, -0.2) is 0 Å². The van der Waals surface area contributed by atoms with Crippen LogP contribution in [-0.4, -0.2) is 26.2 Å². The molecule has 0 radical (unpaired) electrons. The normalized spacial score (nSPS) is 10.8. The number of ether oxygens (including phenoxy) is 2. The van der Waals surface area contributed by atoms with E-state index in [1.807, 2.05) is 6.08 Å². The summed E-state index contributed by atoms with van der Waals surface area (Å²) in [5.41, 5.74) is 3.49. The average Bonchev–Trinajstić information content (AvgIpc) is 2.56. The fraction of sp³-hybridized carbons (Fsp3) is 0.211. The van der Waals surface area contributed by atoms with Crippen molar-refractivity contribution in [2.75, 3.05) is 0 Å². The molecule has 0 aliphatic heterocycles. The Hall–Kier alpha value is -2.23. The summed E-state index contributed by atoms with van der Waals surface area (Å²) in [5, 5.41) is 9.43. The molecular weight excluding hydrogens is 371 g/mol. The molecule has 24 heavy (non-hydrogen) atoms. The van der Waals surface area contributed by atoms with E-state index in [0.717, 1.165) is 10.9 Å². The van der Waals surface area contributed by atoms with E-state index in [1.165, 1.54) is 15.6 Å². The van der Waals surface area contributed by atoms with Crippen molar-refractivity contribution < 1.29 is 19.4 Å². The van der Waals surface area contributed by atoms with Crippen molar-refractivity contribution in [3.8, 4) is 5.75 Å². The summed E-state index contributed by atoms with van der Waals surface area (Å²) in [5.74, 6) is 0.713. The Morgan fingerprint density at radius 1 is 1.12 bits per heavy atom. The minimum atomic E-state index is -1.27. The molecular formula is C19H20O4Se. The summed E-state index contributed by atoms with van der Waals surface area (Å²) in [6.07, 6.45) is 2.47. The van der Waals surface area contributed by atoms with Gasteiger partial charge in [-0.1, -0.05) is 0 Å². The van der Waals surface area contributed by atoms with Gasteiger partial charge in [-0.15, -0.1) is 0 Å². The van der Waals surface area contributed by atoms with Crippen LogP contribution in [-0.2, 0) is 11.3 Å². The molecule has 2 rings (SSSR count). The Labute approximate surface area is 148 Å². The summed E-state index contributed by atoms with van der Waals surface area (Å²) >= 11 is 0.396. The Kier molecular flexibility index (Phi) is 6.91. The number of rotatable bonds is 7. The van der Waals surface area contributed by atoms with Gasteiger partial charge in [0.05, 0.1) is 0 Å². The molecule has 0 aromatic heterocycles. The van der Waals surface area contributed by atoms with Crippen LogP contribution in [0.4, 0.5) is 4.79 Å². The molecule has 0 heterocycles. The first-order chi connectivity index (χ1) is 11.6. The molecule has 0 aliphatic carbocycles. The predicted molar refractivity (Wildman–Crippen MR) is 95.1 cm³/mol. The standard InChI is InChI=1S/C19H20O4Se/c1-14-5-3-6-15(2)18(14)24-12-4-11-22-17-9-7-16(8-10-17)13-23-19(20)21/h3-11H,12-13H2,1-2H3,(H,20,21). The molecule has 0 saturated heterocycles. The molecule has 0 bridgehead atoms. The SMILES string of the molecule is Cc1cccc(C)c1[Se]CC=COc1ccc(COC(=O)O)cc1. The fourth-order valence-corrected chi connectivity index (χ4v) is 4.09. The zero-order valence-electron chi connectivity index (χ0n) is 13.7. The molecule has 0 amide bonds. The Bertz CT molecular complexity index is 688. The Morgan fingerprint density at radius 3 is 2.42 bits per heavy atom. The number of hydrogen-bond donors (Lipinski definition) is 1. The van der Waals surface area contributed by atoms with Crippen LogP contribution in [0.5, 0.6) is 5.75 Å². The number of carboxylic acid groups (broad SMARTS) is 1. The topological polar surface area (TPSA) is 55.8 Å². The van der Waals surface area contributed by atoms with Gasteiger partial charge in [0.15, 0.2) is 0 Å². The van der Waals surface area contributed by atoms with E-state index >= 15 is 0 Å². The molecule has 0 unspecified atom stereocenters. The van der Waals surface area contributed by atoms with Crippen LogP contribution < -0.4 is 9.20 Å². The first-order valence-corrected chi connectivity index (χ1v) is 9.58. The third kappa shape index (κ3) is 5.76. The van der Waals surface area contributed by atoms with E-state index in [4.69, 9.17) is 9.84 Å². The fourth-order valence-electron chi connectivity index (χ4n) is 2.13. The first-order valence-electron chi connectivity index (χ1n) is 7.51. The number of hydrogen-bond acceptors (Lipinski definition) is 3. The summed E-state index contributed by atoms with van der Waals surface area (Å²) in [6.45, 7) is 4.35. The number of allylic oxidation sites excluding steroid dienone is 1. The number of carbonyl (C=O) groups is 1. The first kappa shape index (κ1) is 18.1. The third-order valence-electron chi connectivity index (χ3n) is 3.32. The number of benzene rings is 2. The van der Waals surface area contributed by atoms with E-state index in [0.29, 0.717) is 20.7 Å². The molecule has 5 heteroatoms. The van der Waals surface area contributed by atoms with E-state index in [1.54, 1.807) is 30.5 Å². The van der Waals surface area contributed by atoms with Crippen molar-refractivity contribution in [3.63, 3.8) is 0 Å². The molecule has 1 N–H and O–H groups in total. The van der Waals surface area contributed by atoms with Gasteiger partial charge in [0.25, 0.3) is 0 Å². The summed E-state index contributed by atoms with van der Waals surface area (Å²) in [6, 6.07) is 13.6. The maximum atomic E-state index is 10.3. The van der Waals surface area contributed by atoms with E-state index in [-0.39, 0.29) is 6.61 Å². The Balaban J connectivity index is 1.78. The molecule has 0 atom stereocenters. The summed E-state index contributed by atoms with van der Waals surface area (Å²) in [4.78, 5) is 10.3. The summed E-state index contributed by atoms with van der Waals surface area (Å²) in [7, 11) is 0. The van der Waals surface area contributed by atoms with Crippen LogP contribution >= 0.6 is 0 Å². The van der Waals surface area contributed by atoms with Crippen LogP contribution in [0, 0.1) is 13.8 Å². The third-order valence-corrected chi connectivity index (χ3v) is 6.03. The van der Waals surface area contributed by atoms with Crippen LogP contribution in [0.2, 0.25) is 5.32 Å². The maximum absolute atomic E-state index is 10.3.